The van der Waals surface area contributed by atoms with Crippen LogP contribution in [0.25, 0.3) is 10.4 Å². The molecule has 0 bridgehead atoms. The molecule has 1 fully saturated rings. The monoisotopic (exact) mass is 169 g/mol. The molecule has 0 aliphatic heterocycles. The van der Waals surface area contributed by atoms with Gasteiger partial charge in [-0.2, -0.15) is 0 Å². The molecule has 0 radical (unpaired) electrons. The van der Waals surface area contributed by atoms with Crippen molar-refractivity contribution in [2.24, 2.45) is 10.5 Å². The second kappa shape index (κ2) is 3.45. The van der Waals surface area contributed by atoms with Crippen LogP contribution in [0.5, 0.6) is 0 Å². The molecular weight excluding hydrogens is 158 g/mol. The van der Waals surface area contributed by atoms with E-state index in [9.17, 15) is 4.79 Å². The van der Waals surface area contributed by atoms with E-state index in [1.807, 2.05) is 0 Å². The third kappa shape index (κ3) is 1.51. The lowest BCUT2D eigenvalue weighted by atomic mass is 9.87. The van der Waals surface area contributed by atoms with Crippen LogP contribution >= 0.6 is 0 Å². The minimum absolute atomic E-state index is 0.0961. The summed E-state index contributed by atoms with van der Waals surface area (Å²) in [5.41, 5.74) is 7.33. The third-order valence-electron chi connectivity index (χ3n) is 2.45. The zero-order chi connectivity index (χ0) is 9.03. The lowest BCUT2D eigenvalue weighted by molar-refractivity contribution is -0.147. The van der Waals surface area contributed by atoms with Crippen LogP contribution in [0.2, 0.25) is 0 Å². The summed E-state index contributed by atoms with van der Waals surface area (Å²) in [5, 5.41) is 12.3. The summed E-state index contributed by atoms with van der Waals surface area (Å²) in [5.74, 6) is -0.826. The fourth-order valence-corrected chi connectivity index (χ4v) is 1.66. The third-order valence-corrected chi connectivity index (χ3v) is 2.45. The van der Waals surface area contributed by atoms with E-state index in [1.54, 1.807) is 0 Å². The van der Waals surface area contributed by atoms with Crippen molar-refractivity contribution in [3.63, 3.8) is 0 Å². The molecule has 0 aromatic heterocycles. The van der Waals surface area contributed by atoms with Gasteiger partial charge in [0.05, 0.1) is 5.41 Å². The van der Waals surface area contributed by atoms with Crippen LogP contribution in [0.3, 0.4) is 0 Å². The SMILES string of the molecule is [N-]=[N+]=NCC1(C(=O)O)CCCC1. The van der Waals surface area contributed by atoms with Gasteiger partial charge in [0.25, 0.3) is 0 Å². The molecular formula is C7H11N3O2. The highest BCUT2D eigenvalue weighted by Crippen LogP contribution is 2.38. The maximum absolute atomic E-state index is 10.8. The molecule has 0 heterocycles. The van der Waals surface area contributed by atoms with Gasteiger partial charge in [-0.25, -0.2) is 0 Å². The van der Waals surface area contributed by atoms with Crippen molar-refractivity contribution in [1.29, 1.82) is 0 Å². The van der Waals surface area contributed by atoms with Gasteiger partial charge in [-0.15, -0.1) is 0 Å². The Morgan fingerprint density at radius 2 is 2.17 bits per heavy atom. The average molecular weight is 169 g/mol. The van der Waals surface area contributed by atoms with E-state index in [2.05, 4.69) is 10.0 Å². The van der Waals surface area contributed by atoms with E-state index in [0.29, 0.717) is 12.8 Å². The first-order valence-corrected chi connectivity index (χ1v) is 3.95. The van der Waals surface area contributed by atoms with E-state index in [4.69, 9.17) is 10.6 Å². The average Bonchev–Trinajstić information content (AvgIpc) is 2.50. The van der Waals surface area contributed by atoms with Crippen molar-refractivity contribution < 1.29 is 9.90 Å². The van der Waals surface area contributed by atoms with Crippen LogP contribution < -0.4 is 0 Å². The lowest BCUT2D eigenvalue weighted by Crippen LogP contribution is -2.30. The van der Waals surface area contributed by atoms with E-state index < -0.39 is 11.4 Å². The molecule has 1 saturated carbocycles. The topological polar surface area (TPSA) is 86.1 Å². The molecule has 12 heavy (non-hydrogen) atoms. The number of aliphatic carboxylic acids is 1. The number of carboxylic acid groups (broad SMARTS) is 1. The van der Waals surface area contributed by atoms with Crippen LogP contribution in [0.15, 0.2) is 5.11 Å². The molecule has 0 saturated heterocycles. The maximum Gasteiger partial charge on any atom is 0.309 e. The largest absolute Gasteiger partial charge is 0.481 e. The summed E-state index contributed by atoms with van der Waals surface area (Å²) in [6.07, 6.45) is 3.13. The molecule has 1 aliphatic rings. The van der Waals surface area contributed by atoms with Crippen LogP contribution in [-0.2, 0) is 4.79 Å². The Balaban J connectivity index is 2.71. The van der Waals surface area contributed by atoms with Gasteiger partial charge in [0, 0.05) is 11.5 Å². The second-order valence-corrected chi connectivity index (χ2v) is 3.18. The molecule has 5 nitrogen and oxygen atoms in total. The Labute approximate surface area is 70.0 Å². The van der Waals surface area contributed by atoms with Gasteiger partial charge in [0.2, 0.25) is 0 Å². The van der Waals surface area contributed by atoms with Crippen molar-refractivity contribution in [3.8, 4) is 0 Å². The number of nitrogens with zero attached hydrogens (tertiary/aromatic N) is 3. The molecule has 0 unspecified atom stereocenters. The summed E-state index contributed by atoms with van der Waals surface area (Å²) in [6.45, 7) is 0.0961. The summed E-state index contributed by atoms with van der Waals surface area (Å²) in [6, 6.07) is 0. The number of hydrogen-bond acceptors (Lipinski definition) is 2. The van der Waals surface area contributed by atoms with Crippen molar-refractivity contribution >= 4 is 5.97 Å². The Kier molecular flexibility index (Phi) is 2.55. The molecule has 0 amide bonds. The summed E-state index contributed by atoms with van der Waals surface area (Å²) >= 11 is 0. The van der Waals surface area contributed by atoms with E-state index in [-0.39, 0.29) is 6.54 Å². The predicted octanol–water partition coefficient (Wildman–Crippen LogP) is 1.94. The van der Waals surface area contributed by atoms with Crippen molar-refractivity contribution in [1.82, 2.24) is 0 Å². The normalized spacial score (nSPS) is 20.0. The number of carbonyl (C=O) groups is 1. The zero-order valence-corrected chi connectivity index (χ0v) is 6.73. The van der Waals surface area contributed by atoms with Gasteiger partial charge in [-0.3, -0.25) is 4.79 Å². The first kappa shape index (κ1) is 8.87. The highest BCUT2D eigenvalue weighted by Gasteiger charge is 2.40. The first-order valence-electron chi connectivity index (χ1n) is 3.95. The van der Waals surface area contributed by atoms with Crippen LogP contribution in [0, 0.1) is 5.41 Å². The molecule has 0 spiro atoms. The highest BCUT2D eigenvalue weighted by atomic mass is 16.4. The molecule has 1 aliphatic carbocycles. The summed E-state index contributed by atoms with van der Waals surface area (Å²) in [4.78, 5) is 13.4. The minimum atomic E-state index is -0.826. The number of carboxylic acids is 1. The highest BCUT2D eigenvalue weighted by molar-refractivity contribution is 5.75. The van der Waals surface area contributed by atoms with Gasteiger partial charge in [-0.05, 0) is 18.4 Å². The summed E-state index contributed by atoms with van der Waals surface area (Å²) < 4.78 is 0. The number of hydrogen-bond donors (Lipinski definition) is 1. The van der Waals surface area contributed by atoms with E-state index in [1.165, 1.54) is 0 Å². The molecule has 5 heteroatoms. The van der Waals surface area contributed by atoms with Gasteiger partial charge >= 0.3 is 5.97 Å². The van der Waals surface area contributed by atoms with Crippen LogP contribution in [0.1, 0.15) is 25.7 Å². The van der Waals surface area contributed by atoms with E-state index >= 15 is 0 Å². The Morgan fingerprint density at radius 3 is 2.58 bits per heavy atom. The van der Waals surface area contributed by atoms with Gasteiger partial charge in [0.15, 0.2) is 0 Å². The van der Waals surface area contributed by atoms with E-state index in [0.717, 1.165) is 12.8 Å². The standard InChI is InChI=1S/C7H11N3O2/c8-10-9-5-7(6(11)12)3-1-2-4-7/h1-5H2,(H,11,12). The fourth-order valence-electron chi connectivity index (χ4n) is 1.66. The smallest absolute Gasteiger partial charge is 0.309 e. The van der Waals surface area contributed by atoms with Gasteiger partial charge in [0.1, 0.15) is 0 Å². The van der Waals surface area contributed by atoms with Crippen molar-refractivity contribution in [3.05, 3.63) is 10.4 Å². The van der Waals surface area contributed by atoms with Crippen LogP contribution in [0.4, 0.5) is 0 Å². The van der Waals surface area contributed by atoms with Crippen LogP contribution in [-0.4, -0.2) is 17.6 Å². The summed E-state index contributed by atoms with van der Waals surface area (Å²) in [7, 11) is 0. The van der Waals surface area contributed by atoms with Crippen molar-refractivity contribution in [2.45, 2.75) is 25.7 Å². The van der Waals surface area contributed by atoms with Gasteiger partial charge < -0.3 is 5.11 Å². The molecule has 0 aromatic rings. The maximum atomic E-state index is 10.8. The Hall–Kier alpha value is -1.22. The molecule has 1 rings (SSSR count). The second-order valence-electron chi connectivity index (χ2n) is 3.18. The Morgan fingerprint density at radius 1 is 1.58 bits per heavy atom. The van der Waals surface area contributed by atoms with Crippen molar-refractivity contribution in [2.75, 3.05) is 6.54 Å². The zero-order valence-electron chi connectivity index (χ0n) is 6.73. The lowest BCUT2D eigenvalue weighted by Gasteiger charge is -2.20. The minimum Gasteiger partial charge on any atom is -0.481 e. The predicted molar refractivity (Wildman–Crippen MR) is 42.5 cm³/mol. The van der Waals surface area contributed by atoms with Gasteiger partial charge in [-0.1, -0.05) is 18.0 Å². The molecule has 0 atom stereocenters. The first-order chi connectivity index (χ1) is 5.71. The molecule has 0 aromatic carbocycles. The molecule has 66 valence electrons. The quantitative estimate of drug-likeness (QED) is 0.397. The number of rotatable bonds is 3. The molecule has 1 N–H and O–H groups in total. The number of azide groups is 1. The fraction of sp³-hybridized carbons (Fsp3) is 0.857. The Bertz CT molecular complexity index is 227.